The summed E-state index contributed by atoms with van der Waals surface area (Å²) in [5.74, 6) is -0.606. The Balaban J connectivity index is 2.31. The normalized spacial score (nSPS) is 34.2. The van der Waals surface area contributed by atoms with E-state index in [1.165, 1.54) is 18.1 Å². The van der Waals surface area contributed by atoms with Gasteiger partial charge in [0.1, 0.15) is 12.2 Å². The van der Waals surface area contributed by atoms with Crippen LogP contribution < -0.4 is 0 Å². The SMILES string of the molecule is CC(=O)OC[C@@]1(O)CC[C@@H](/C(C)=C\CC=C(C)C)[C@H]1[C@H]1C(=O)C=C[C@H]1C. The van der Waals surface area contributed by atoms with E-state index in [-0.39, 0.29) is 36.1 Å². The summed E-state index contributed by atoms with van der Waals surface area (Å²) in [6.07, 6.45) is 10.1. The Bertz CT molecular complexity index is 639. The van der Waals surface area contributed by atoms with Crippen LogP contribution in [-0.4, -0.2) is 29.1 Å². The van der Waals surface area contributed by atoms with Crippen molar-refractivity contribution in [1.82, 2.24) is 0 Å². The number of carbonyl (C=O) groups is 2. The van der Waals surface area contributed by atoms with Crippen LogP contribution in [0.4, 0.5) is 0 Å². The van der Waals surface area contributed by atoms with E-state index in [1.54, 1.807) is 6.08 Å². The molecule has 2 aliphatic rings. The molecule has 0 aromatic carbocycles. The molecule has 1 saturated carbocycles. The number of allylic oxidation sites excluding steroid dienone is 6. The minimum Gasteiger partial charge on any atom is -0.463 e. The van der Waals surface area contributed by atoms with Crippen LogP contribution in [0.5, 0.6) is 0 Å². The highest BCUT2D eigenvalue weighted by molar-refractivity contribution is 5.95. The van der Waals surface area contributed by atoms with Crippen molar-refractivity contribution in [3.05, 3.63) is 35.5 Å². The first-order valence-corrected chi connectivity index (χ1v) is 9.53. The molecule has 1 fully saturated rings. The van der Waals surface area contributed by atoms with Gasteiger partial charge in [0.25, 0.3) is 0 Å². The van der Waals surface area contributed by atoms with Crippen molar-refractivity contribution in [2.24, 2.45) is 23.7 Å². The molecule has 0 aromatic heterocycles. The van der Waals surface area contributed by atoms with E-state index in [1.807, 2.05) is 13.0 Å². The van der Waals surface area contributed by atoms with Crippen molar-refractivity contribution in [3.63, 3.8) is 0 Å². The van der Waals surface area contributed by atoms with E-state index >= 15 is 0 Å². The smallest absolute Gasteiger partial charge is 0.302 e. The molecular formula is C22H32O4. The standard InChI is InChI=1S/C22H32O4/c1-14(2)7-6-8-15(3)18-11-12-22(25,13-26-17(5)23)21(18)20-16(4)9-10-19(20)24/h7-10,16,18,20-21,25H,6,11-13H2,1-5H3/b15-8-/t16-,18+,20-,21+,22+/m1/s1. The van der Waals surface area contributed by atoms with Gasteiger partial charge in [-0.25, -0.2) is 0 Å². The minimum atomic E-state index is -1.15. The summed E-state index contributed by atoms with van der Waals surface area (Å²) in [5, 5.41) is 11.3. The average molecular weight is 360 g/mol. The van der Waals surface area contributed by atoms with Crippen molar-refractivity contribution >= 4 is 11.8 Å². The van der Waals surface area contributed by atoms with Crippen LogP contribution in [0, 0.1) is 23.7 Å². The molecular weight excluding hydrogens is 328 g/mol. The molecule has 2 rings (SSSR count). The van der Waals surface area contributed by atoms with Gasteiger partial charge in [0.2, 0.25) is 0 Å². The molecule has 26 heavy (non-hydrogen) atoms. The van der Waals surface area contributed by atoms with Gasteiger partial charge < -0.3 is 9.84 Å². The number of ketones is 1. The molecule has 4 heteroatoms. The third-order valence-corrected chi connectivity index (χ3v) is 5.86. The predicted octanol–water partition coefficient (Wildman–Crippen LogP) is 4.00. The van der Waals surface area contributed by atoms with Crippen LogP contribution >= 0.6 is 0 Å². The third kappa shape index (κ3) is 4.53. The van der Waals surface area contributed by atoms with Crippen LogP contribution in [0.25, 0.3) is 0 Å². The zero-order valence-corrected chi connectivity index (χ0v) is 16.6. The van der Waals surface area contributed by atoms with Crippen molar-refractivity contribution in [1.29, 1.82) is 0 Å². The Labute approximate surface area is 157 Å². The summed E-state index contributed by atoms with van der Waals surface area (Å²) in [6, 6.07) is 0. The summed E-state index contributed by atoms with van der Waals surface area (Å²) in [5.41, 5.74) is 1.33. The first kappa shape index (κ1) is 20.6. The van der Waals surface area contributed by atoms with Gasteiger partial charge in [-0.05, 0) is 57.9 Å². The molecule has 0 saturated heterocycles. The average Bonchev–Trinajstić information content (AvgIpc) is 3.05. The Kier molecular flexibility index (Phi) is 6.62. The fourth-order valence-electron chi connectivity index (χ4n) is 4.49. The van der Waals surface area contributed by atoms with E-state index < -0.39 is 11.6 Å². The lowest BCUT2D eigenvalue weighted by molar-refractivity contribution is -0.154. The number of hydrogen-bond donors (Lipinski definition) is 1. The van der Waals surface area contributed by atoms with Gasteiger partial charge in [0.05, 0.1) is 0 Å². The summed E-state index contributed by atoms with van der Waals surface area (Å²) in [4.78, 5) is 23.8. The van der Waals surface area contributed by atoms with Crippen LogP contribution in [0.15, 0.2) is 35.5 Å². The maximum Gasteiger partial charge on any atom is 0.302 e. The van der Waals surface area contributed by atoms with Crippen molar-refractivity contribution in [2.75, 3.05) is 6.61 Å². The quantitative estimate of drug-likeness (QED) is 0.574. The fraction of sp³-hybridized carbons (Fsp3) is 0.636. The first-order chi connectivity index (χ1) is 12.2. The van der Waals surface area contributed by atoms with Gasteiger partial charge in [-0.1, -0.05) is 36.3 Å². The number of rotatable bonds is 6. The third-order valence-electron chi connectivity index (χ3n) is 5.86. The maximum atomic E-state index is 12.5. The molecule has 144 valence electrons. The molecule has 0 unspecified atom stereocenters. The lowest BCUT2D eigenvalue weighted by Crippen LogP contribution is -2.47. The van der Waals surface area contributed by atoms with E-state index in [9.17, 15) is 14.7 Å². The second-order valence-corrected chi connectivity index (χ2v) is 8.17. The first-order valence-electron chi connectivity index (χ1n) is 9.53. The van der Waals surface area contributed by atoms with Crippen LogP contribution in [0.1, 0.15) is 53.9 Å². The van der Waals surface area contributed by atoms with E-state index in [2.05, 4.69) is 32.9 Å². The number of carbonyl (C=O) groups excluding carboxylic acids is 2. The highest BCUT2D eigenvalue weighted by atomic mass is 16.5. The van der Waals surface area contributed by atoms with Crippen LogP contribution in [0.2, 0.25) is 0 Å². The zero-order chi connectivity index (χ0) is 19.5. The monoisotopic (exact) mass is 360 g/mol. The molecule has 0 heterocycles. The Morgan fingerprint density at radius 3 is 2.54 bits per heavy atom. The Morgan fingerprint density at radius 1 is 1.31 bits per heavy atom. The molecule has 0 amide bonds. The summed E-state index contributed by atoms with van der Waals surface area (Å²) < 4.78 is 5.18. The van der Waals surface area contributed by atoms with Crippen molar-refractivity contribution < 1.29 is 19.4 Å². The molecule has 0 aromatic rings. The fourth-order valence-corrected chi connectivity index (χ4v) is 4.49. The molecule has 2 aliphatic carbocycles. The lowest BCUT2D eigenvalue weighted by Gasteiger charge is -2.38. The van der Waals surface area contributed by atoms with Gasteiger partial charge in [0, 0.05) is 18.8 Å². The lowest BCUT2D eigenvalue weighted by atomic mass is 9.70. The molecule has 5 atom stereocenters. The molecule has 0 bridgehead atoms. The number of esters is 1. The van der Waals surface area contributed by atoms with E-state index in [0.29, 0.717) is 6.42 Å². The Hall–Kier alpha value is -1.68. The van der Waals surface area contributed by atoms with E-state index in [0.717, 1.165) is 12.8 Å². The highest BCUT2D eigenvalue weighted by Crippen LogP contribution is 2.51. The molecule has 0 aliphatic heterocycles. The molecule has 0 radical (unpaired) electrons. The minimum absolute atomic E-state index is 0.0404. The number of aliphatic hydroxyl groups is 1. The van der Waals surface area contributed by atoms with Crippen LogP contribution in [-0.2, 0) is 14.3 Å². The predicted molar refractivity (Wildman–Crippen MR) is 102 cm³/mol. The van der Waals surface area contributed by atoms with E-state index in [4.69, 9.17) is 4.74 Å². The second-order valence-electron chi connectivity index (χ2n) is 8.17. The van der Waals surface area contributed by atoms with Crippen molar-refractivity contribution in [2.45, 2.75) is 59.5 Å². The molecule has 1 N–H and O–H groups in total. The molecule has 4 nitrogen and oxygen atoms in total. The summed E-state index contributed by atoms with van der Waals surface area (Å²) >= 11 is 0. The number of hydrogen-bond acceptors (Lipinski definition) is 4. The highest BCUT2D eigenvalue weighted by Gasteiger charge is 2.54. The van der Waals surface area contributed by atoms with Crippen LogP contribution in [0.3, 0.4) is 0 Å². The van der Waals surface area contributed by atoms with Gasteiger partial charge in [-0.3, -0.25) is 9.59 Å². The summed E-state index contributed by atoms with van der Waals surface area (Å²) in [6.45, 7) is 9.57. The Morgan fingerprint density at radius 2 is 2.00 bits per heavy atom. The van der Waals surface area contributed by atoms with Gasteiger partial charge in [-0.15, -0.1) is 0 Å². The van der Waals surface area contributed by atoms with Gasteiger partial charge in [-0.2, -0.15) is 0 Å². The largest absolute Gasteiger partial charge is 0.463 e. The van der Waals surface area contributed by atoms with Crippen molar-refractivity contribution in [3.8, 4) is 0 Å². The number of ether oxygens (including phenoxy) is 1. The topological polar surface area (TPSA) is 63.6 Å². The maximum absolute atomic E-state index is 12.5. The summed E-state index contributed by atoms with van der Waals surface area (Å²) in [7, 11) is 0. The van der Waals surface area contributed by atoms with Gasteiger partial charge >= 0.3 is 5.97 Å². The van der Waals surface area contributed by atoms with Gasteiger partial charge in [0.15, 0.2) is 5.78 Å². The second kappa shape index (κ2) is 8.34. The zero-order valence-electron chi connectivity index (χ0n) is 16.6. The molecule has 0 spiro atoms.